The molecule has 0 fully saturated rings. The number of rotatable bonds is 7. The van der Waals surface area contributed by atoms with Gasteiger partial charge in [0.05, 0.1) is 0 Å². The third kappa shape index (κ3) is 4.89. The number of hydrogen-bond acceptors (Lipinski definition) is 4. The second-order valence-electron chi connectivity index (χ2n) is 11.0. The molecule has 6 aromatic rings. The van der Waals surface area contributed by atoms with Crippen molar-refractivity contribution in [1.82, 2.24) is 10.2 Å². The van der Waals surface area contributed by atoms with E-state index >= 15 is 0 Å². The Morgan fingerprint density at radius 1 is 0.632 bits per heavy atom. The van der Waals surface area contributed by atoms with Gasteiger partial charge in [-0.3, -0.25) is 0 Å². The van der Waals surface area contributed by atoms with Crippen LogP contribution in [0.1, 0.15) is 38.8 Å². The summed E-state index contributed by atoms with van der Waals surface area (Å²) >= 11 is 1.90. The SMILES string of the molecule is CC(C)Cc1ccc2sc3c(-c4ccc(-c5nnc(-c6ccccc6)o5)cc4)cc(CC(C)C)cc3c2c1. The fraction of sp³-hybridized carbons (Fsp3) is 0.235. The van der Waals surface area contributed by atoms with Crippen LogP contribution in [0.4, 0.5) is 0 Å². The van der Waals surface area contributed by atoms with E-state index in [1.54, 1.807) is 0 Å². The van der Waals surface area contributed by atoms with Gasteiger partial charge in [0.25, 0.3) is 0 Å². The van der Waals surface area contributed by atoms with E-state index in [0.29, 0.717) is 23.6 Å². The Balaban J connectivity index is 1.42. The Morgan fingerprint density at radius 2 is 1.24 bits per heavy atom. The van der Waals surface area contributed by atoms with Gasteiger partial charge in [0, 0.05) is 31.3 Å². The van der Waals surface area contributed by atoms with Crippen LogP contribution in [0.2, 0.25) is 0 Å². The molecule has 0 aliphatic carbocycles. The molecule has 4 aromatic carbocycles. The van der Waals surface area contributed by atoms with Crippen molar-refractivity contribution in [3.05, 3.63) is 96.1 Å². The highest BCUT2D eigenvalue weighted by Gasteiger charge is 2.16. The molecule has 3 nitrogen and oxygen atoms in total. The molecule has 0 spiro atoms. The van der Waals surface area contributed by atoms with Crippen molar-refractivity contribution in [1.29, 1.82) is 0 Å². The molecule has 38 heavy (non-hydrogen) atoms. The first-order chi connectivity index (χ1) is 18.4. The average molecular weight is 517 g/mol. The van der Waals surface area contributed by atoms with Crippen LogP contribution in [0.15, 0.2) is 89.3 Å². The standard InChI is InChI=1S/C34H32N2OS/c1-21(2)16-23-10-15-31-29(18-23)30-20-24(17-22(3)4)19-28(32(30)38-31)25-11-13-27(14-12-25)34-36-35-33(37-34)26-8-6-5-7-9-26/h5-15,18-22H,16-17H2,1-4H3. The van der Waals surface area contributed by atoms with Crippen LogP contribution in [0.25, 0.3) is 54.2 Å². The van der Waals surface area contributed by atoms with E-state index in [2.05, 4.69) is 92.5 Å². The van der Waals surface area contributed by atoms with Gasteiger partial charge < -0.3 is 4.42 Å². The molecule has 0 radical (unpaired) electrons. The summed E-state index contributed by atoms with van der Waals surface area (Å²) in [6.45, 7) is 9.16. The third-order valence-corrected chi connectivity index (χ3v) is 8.09. The minimum atomic E-state index is 0.536. The lowest BCUT2D eigenvalue weighted by Crippen LogP contribution is -1.95. The lowest BCUT2D eigenvalue weighted by atomic mass is 9.94. The molecule has 0 atom stereocenters. The van der Waals surface area contributed by atoms with Crippen LogP contribution in [0.3, 0.4) is 0 Å². The molecule has 0 N–H and O–H groups in total. The summed E-state index contributed by atoms with van der Waals surface area (Å²) in [5.74, 6) is 2.31. The molecule has 2 heterocycles. The molecule has 6 rings (SSSR count). The molecule has 4 heteroatoms. The van der Waals surface area contributed by atoms with E-state index in [4.69, 9.17) is 4.42 Å². The molecule has 0 saturated heterocycles. The smallest absolute Gasteiger partial charge is 0.248 e. The van der Waals surface area contributed by atoms with Crippen LogP contribution in [-0.4, -0.2) is 10.2 Å². The van der Waals surface area contributed by atoms with Crippen molar-refractivity contribution in [2.24, 2.45) is 11.8 Å². The summed E-state index contributed by atoms with van der Waals surface area (Å²) < 4.78 is 8.70. The van der Waals surface area contributed by atoms with E-state index in [9.17, 15) is 0 Å². The molecule has 0 saturated carbocycles. The Morgan fingerprint density at radius 3 is 1.92 bits per heavy atom. The minimum absolute atomic E-state index is 0.536. The zero-order valence-electron chi connectivity index (χ0n) is 22.4. The largest absolute Gasteiger partial charge is 0.416 e. The maximum atomic E-state index is 5.99. The van der Waals surface area contributed by atoms with Gasteiger partial charge in [-0.25, -0.2) is 0 Å². The monoisotopic (exact) mass is 516 g/mol. The molecule has 0 aliphatic rings. The number of fused-ring (bicyclic) bond motifs is 3. The van der Waals surface area contributed by atoms with Gasteiger partial charge in [0.2, 0.25) is 11.8 Å². The molecule has 0 bridgehead atoms. The number of thiophene rings is 1. The normalized spacial score (nSPS) is 11.8. The van der Waals surface area contributed by atoms with Crippen molar-refractivity contribution in [2.45, 2.75) is 40.5 Å². The van der Waals surface area contributed by atoms with Gasteiger partial charge in [0.15, 0.2) is 0 Å². The van der Waals surface area contributed by atoms with Crippen LogP contribution in [0.5, 0.6) is 0 Å². The first-order valence-electron chi connectivity index (χ1n) is 13.4. The second-order valence-corrected chi connectivity index (χ2v) is 12.1. The third-order valence-electron chi connectivity index (χ3n) is 6.87. The zero-order chi connectivity index (χ0) is 26.2. The fourth-order valence-electron chi connectivity index (χ4n) is 5.22. The van der Waals surface area contributed by atoms with Crippen LogP contribution in [-0.2, 0) is 12.8 Å². The lowest BCUT2D eigenvalue weighted by molar-refractivity contribution is 0.584. The topological polar surface area (TPSA) is 38.9 Å². The van der Waals surface area contributed by atoms with E-state index in [-0.39, 0.29) is 0 Å². The number of hydrogen-bond donors (Lipinski definition) is 0. The molecule has 0 unspecified atom stereocenters. The predicted molar refractivity (Wildman–Crippen MR) is 161 cm³/mol. The van der Waals surface area contributed by atoms with Crippen molar-refractivity contribution in [2.75, 3.05) is 0 Å². The van der Waals surface area contributed by atoms with Crippen molar-refractivity contribution in [3.63, 3.8) is 0 Å². The van der Waals surface area contributed by atoms with E-state index < -0.39 is 0 Å². The van der Waals surface area contributed by atoms with Gasteiger partial charge in [-0.1, -0.05) is 64.1 Å². The maximum Gasteiger partial charge on any atom is 0.248 e. The van der Waals surface area contributed by atoms with Gasteiger partial charge >= 0.3 is 0 Å². The van der Waals surface area contributed by atoms with Gasteiger partial charge in [0.1, 0.15) is 0 Å². The van der Waals surface area contributed by atoms with Crippen LogP contribution < -0.4 is 0 Å². The van der Waals surface area contributed by atoms with E-state index in [0.717, 1.165) is 24.0 Å². The second kappa shape index (κ2) is 10.2. The quantitative estimate of drug-likeness (QED) is 0.212. The highest BCUT2D eigenvalue weighted by Crippen LogP contribution is 2.42. The van der Waals surface area contributed by atoms with Crippen LogP contribution in [0, 0.1) is 11.8 Å². The summed E-state index contributed by atoms with van der Waals surface area (Å²) in [5, 5.41) is 11.3. The zero-order valence-corrected chi connectivity index (χ0v) is 23.2. The van der Waals surface area contributed by atoms with Crippen molar-refractivity contribution >= 4 is 31.5 Å². The maximum absolute atomic E-state index is 5.99. The highest BCUT2D eigenvalue weighted by molar-refractivity contribution is 7.26. The molecule has 2 aromatic heterocycles. The summed E-state index contributed by atoms with van der Waals surface area (Å²) in [5.41, 5.74) is 7.17. The molecular formula is C34H32N2OS. The van der Waals surface area contributed by atoms with Gasteiger partial charge in [-0.15, -0.1) is 21.5 Å². The summed E-state index contributed by atoms with van der Waals surface area (Å²) in [6, 6.07) is 30.3. The molecule has 190 valence electrons. The lowest BCUT2D eigenvalue weighted by Gasteiger charge is -2.11. The highest BCUT2D eigenvalue weighted by atomic mass is 32.1. The Bertz CT molecular complexity index is 1710. The first-order valence-corrected chi connectivity index (χ1v) is 14.2. The number of benzene rings is 4. The van der Waals surface area contributed by atoms with Crippen LogP contribution >= 0.6 is 11.3 Å². The minimum Gasteiger partial charge on any atom is -0.416 e. The summed E-state index contributed by atoms with van der Waals surface area (Å²) in [6.07, 6.45) is 2.17. The van der Waals surface area contributed by atoms with E-state index in [1.807, 2.05) is 41.7 Å². The van der Waals surface area contributed by atoms with E-state index in [1.165, 1.54) is 42.4 Å². The van der Waals surface area contributed by atoms with Gasteiger partial charge in [-0.2, -0.15) is 0 Å². The summed E-state index contributed by atoms with van der Waals surface area (Å²) in [7, 11) is 0. The number of aromatic nitrogens is 2. The Labute approximate surface area is 228 Å². The van der Waals surface area contributed by atoms with Crippen molar-refractivity contribution in [3.8, 4) is 34.0 Å². The fourth-order valence-corrected chi connectivity index (χ4v) is 6.42. The predicted octanol–water partition coefficient (Wildman–Crippen LogP) is 9.84. The average Bonchev–Trinajstić information content (AvgIpc) is 3.54. The Kier molecular flexibility index (Phi) is 6.59. The first kappa shape index (κ1) is 24.6. The molecular weight excluding hydrogens is 484 g/mol. The summed E-state index contributed by atoms with van der Waals surface area (Å²) in [4.78, 5) is 0. The molecule has 0 aliphatic heterocycles. The van der Waals surface area contributed by atoms with Crippen molar-refractivity contribution < 1.29 is 4.42 Å². The molecule has 0 amide bonds. The number of nitrogens with zero attached hydrogens (tertiary/aromatic N) is 2. The van der Waals surface area contributed by atoms with Gasteiger partial charge in [-0.05, 0) is 95.5 Å². The Hall–Kier alpha value is -3.76.